The van der Waals surface area contributed by atoms with Gasteiger partial charge in [-0.25, -0.2) is 0 Å². The molecule has 0 aliphatic heterocycles. The van der Waals surface area contributed by atoms with Crippen LogP contribution in [-0.2, 0) is 19.6 Å². The Bertz CT molecular complexity index is 1260. The molecule has 0 bridgehead atoms. The van der Waals surface area contributed by atoms with Crippen molar-refractivity contribution >= 4 is 16.9 Å². The van der Waals surface area contributed by atoms with E-state index in [2.05, 4.69) is 6.07 Å². The van der Waals surface area contributed by atoms with Crippen LogP contribution < -0.4 is 4.74 Å². The molecule has 2 aromatic carbocycles. The van der Waals surface area contributed by atoms with Crippen LogP contribution in [0.5, 0.6) is 5.75 Å². The molecule has 0 unspecified atom stereocenters. The van der Waals surface area contributed by atoms with E-state index in [1.807, 2.05) is 31.2 Å². The first-order chi connectivity index (χ1) is 15.1. The van der Waals surface area contributed by atoms with Gasteiger partial charge in [0.15, 0.2) is 5.76 Å². The van der Waals surface area contributed by atoms with Crippen LogP contribution in [-0.4, -0.2) is 17.9 Å². The van der Waals surface area contributed by atoms with E-state index in [0.717, 1.165) is 28.7 Å². The molecule has 0 spiro atoms. The van der Waals surface area contributed by atoms with Crippen molar-refractivity contribution in [1.82, 2.24) is 4.90 Å². The van der Waals surface area contributed by atoms with Gasteiger partial charge in [-0.2, -0.15) is 5.26 Å². The number of hydrogen-bond donors (Lipinski definition) is 0. The van der Waals surface area contributed by atoms with Crippen molar-refractivity contribution < 1.29 is 18.4 Å². The number of ether oxygens (including phenoxy) is 1. The number of aryl methyl sites for hydroxylation is 1. The minimum Gasteiger partial charge on any atom is -0.484 e. The number of hydrogen-bond acceptors (Lipinski definition) is 5. The molecule has 0 N–H and O–H groups in total. The van der Waals surface area contributed by atoms with Crippen molar-refractivity contribution in [3.8, 4) is 11.8 Å². The Balaban J connectivity index is 1.46. The van der Waals surface area contributed by atoms with Crippen molar-refractivity contribution in [3.05, 3.63) is 89.1 Å². The second-order valence-corrected chi connectivity index (χ2v) is 7.18. The summed E-state index contributed by atoms with van der Waals surface area (Å²) in [5.41, 5.74) is 2.28. The molecule has 0 aliphatic rings. The van der Waals surface area contributed by atoms with Gasteiger partial charge in [-0.15, -0.1) is 0 Å². The standard InChI is InChI=1S/C25H22N2O4/c1-3-21-20(19-9-5-7-11-23(19)31-21)15-27(2)25(28)24-13-12-18(30-24)16-29-22-10-6-4-8-17(22)14-26/h4-13H,3,15-16H2,1-2H3. The summed E-state index contributed by atoms with van der Waals surface area (Å²) < 4.78 is 17.3. The number of benzene rings is 2. The number of rotatable bonds is 7. The Morgan fingerprint density at radius 2 is 1.84 bits per heavy atom. The third kappa shape index (κ3) is 4.17. The fourth-order valence-electron chi connectivity index (χ4n) is 3.51. The summed E-state index contributed by atoms with van der Waals surface area (Å²) in [5, 5.41) is 10.2. The third-order valence-electron chi connectivity index (χ3n) is 5.09. The monoisotopic (exact) mass is 414 g/mol. The van der Waals surface area contributed by atoms with Crippen molar-refractivity contribution in [3.63, 3.8) is 0 Å². The average Bonchev–Trinajstić information content (AvgIpc) is 3.42. The van der Waals surface area contributed by atoms with E-state index >= 15 is 0 Å². The van der Waals surface area contributed by atoms with Crippen LogP contribution in [0.2, 0.25) is 0 Å². The first-order valence-electron chi connectivity index (χ1n) is 10.1. The molecular formula is C25H22N2O4. The molecular weight excluding hydrogens is 392 g/mol. The van der Waals surface area contributed by atoms with E-state index in [-0.39, 0.29) is 18.3 Å². The fourth-order valence-corrected chi connectivity index (χ4v) is 3.51. The zero-order valence-corrected chi connectivity index (χ0v) is 17.4. The number of nitriles is 1. The number of furan rings is 2. The number of fused-ring (bicyclic) bond motifs is 1. The van der Waals surface area contributed by atoms with Gasteiger partial charge in [-0.05, 0) is 30.3 Å². The van der Waals surface area contributed by atoms with E-state index in [4.69, 9.17) is 18.8 Å². The summed E-state index contributed by atoms with van der Waals surface area (Å²) in [6, 6.07) is 20.3. The lowest BCUT2D eigenvalue weighted by Gasteiger charge is -2.16. The first-order valence-corrected chi connectivity index (χ1v) is 10.1. The van der Waals surface area contributed by atoms with E-state index in [1.54, 1.807) is 48.3 Å². The molecule has 6 nitrogen and oxygen atoms in total. The maximum atomic E-state index is 12.9. The van der Waals surface area contributed by atoms with E-state index in [9.17, 15) is 4.79 Å². The van der Waals surface area contributed by atoms with Crippen molar-refractivity contribution in [2.45, 2.75) is 26.5 Å². The maximum Gasteiger partial charge on any atom is 0.289 e. The van der Waals surface area contributed by atoms with Crippen LogP contribution in [0.25, 0.3) is 11.0 Å². The van der Waals surface area contributed by atoms with Crippen LogP contribution >= 0.6 is 0 Å². The molecule has 0 fully saturated rings. The molecule has 0 atom stereocenters. The maximum absolute atomic E-state index is 12.9. The number of carbonyl (C=O) groups excluding carboxylic acids is 1. The van der Waals surface area contributed by atoms with Gasteiger partial charge in [-0.1, -0.05) is 37.3 Å². The zero-order valence-electron chi connectivity index (χ0n) is 17.4. The number of para-hydroxylation sites is 2. The average molecular weight is 414 g/mol. The van der Waals surface area contributed by atoms with Gasteiger partial charge in [-0.3, -0.25) is 4.79 Å². The SMILES string of the molecule is CCc1oc2ccccc2c1CN(C)C(=O)c1ccc(COc2ccccc2C#N)o1. The van der Waals surface area contributed by atoms with Crippen molar-refractivity contribution in [1.29, 1.82) is 5.26 Å². The van der Waals surface area contributed by atoms with Crippen molar-refractivity contribution in [2.24, 2.45) is 0 Å². The molecule has 4 rings (SSSR count). The Kier molecular flexibility index (Phi) is 5.76. The lowest BCUT2D eigenvalue weighted by molar-refractivity contribution is 0.0749. The van der Waals surface area contributed by atoms with Gasteiger partial charge in [0.1, 0.15) is 35.5 Å². The molecule has 6 heteroatoms. The highest BCUT2D eigenvalue weighted by Crippen LogP contribution is 2.28. The van der Waals surface area contributed by atoms with E-state index in [1.165, 1.54) is 0 Å². The number of nitrogens with zero attached hydrogens (tertiary/aromatic N) is 2. The minimum absolute atomic E-state index is 0.127. The van der Waals surface area contributed by atoms with Gasteiger partial charge in [0.05, 0.1) is 5.56 Å². The molecule has 2 aromatic heterocycles. The Morgan fingerprint density at radius 1 is 1.06 bits per heavy atom. The molecule has 0 aliphatic carbocycles. The fraction of sp³-hybridized carbons (Fsp3) is 0.200. The van der Waals surface area contributed by atoms with Crippen LogP contribution in [0.1, 0.15) is 40.1 Å². The second-order valence-electron chi connectivity index (χ2n) is 7.18. The smallest absolute Gasteiger partial charge is 0.289 e. The number of carbonyl (C=O) groups is 1. The molecule has 156 valence electrons. The second kappa shape index (κ2) is 8.80. The van der Waals surface area contributed by atoms with Crippen molar-refractivity contribution in [2.75, 3.05) is 7.05 Å². The molecule has 0 saturated heterocycles. The normalized spacial score (nSPS) is 10.7. The molecule has 2 heterocycles. The van der Waals surface area contributed by atoms with Gasteiger partial charge < -0.3 is 18.5 Å². The summed E-state index contributed by atoms with van der Waals surface area (Å²) in [6.45, 7) is 2.58. The predicted molar refractivity (Wildman–Crippen MR) is 116 cm³/mol. The van der Waals surface area contributed by atoms with E-state index < -0.39 is 0 Å². The topological polar surface area (TPSA) is 79.6 Å². The van der Waals surface area contributed by atoms with Crippen LogP contribution in [0.15, 0.2) is 69.5 Å². The summed E-state index contributed by atoms with van der Waals surface area (Å²) in [4.78, 5) is 14.5. The Morgan fingerprint density at radius 3 is 2.65 bits per heavy atom. The summed E-state index contributed by atoms with van der Waals surface area (Å²) in [6.07, 6.45) is 0.748. The Labute approximate surface area is 180 Å². The lowest BCUT2D eigenvalue weighted by Crippen LogP contribution is -2.26. The Hall–Kier alpha value is -3.98. The minimum atomic E-state index is -0.226. The quantitative estimate of drug-likeness (QED) is 0.409. The molecule has 31 heavy (non-hydrogen) atoms. The highest BCUT2D eigenvalue weighted by molar-refractivity contribution is 5.92. The van der Waals surface area contributed by atoms with Gasteiger partial charge in [0, 0.05) is 31.0 Å². The van der Waals surface area contributed by atoms with Gasteiger partial charge in [0.2, 0.25) is 0 Å². The summed E-state index contributed by atoms with van der Waals surface area (Å²) >= 11 is 0. The van der Waals surface area contributed by atoms with Gasteiger partial charge >= 0.3 is 0 Å². The predicted octanol–water partition coefficient (Wildman–Crippen LogP) is 5.31. The van der Waals surface area contributed by atoms with Gasteiger partial charge in [0.25, 0.3) is 5.91 Å². The van der Waals surface area contributed by atoms with Crippen LogP contribution in [0.4, 0.5) is 0 Å². The number of amides is 1. The molecule has 1 amide bonds. The largest absolute Gasteiger partial charge is 0.484 e. The zero-order chi connectivity index (χ0) is 21.8. The highest BCUT2D eigenvalue weighted by Gasteiger charge is 2.20. The molecule has 0 radical (unpaired) electrons. The third-order valence-corrected chi connectivity index (χ3v) is 5.09. The van der Waals surface area contributed by atoms with E-state index in [0.29, 0.717) is 23.6 Å². The summed E-state index contributed by atoms with van der Waals surface area (Å²) in [5.74, 6) is 1.87. The van der Waals surface area contributed by atoms with Crippen LogP contribution in [0, 0.1) is 11.3 Å². The lowest BCUT2D eigenvalue weighted by atomic mass is 10.1. The van der Waals surface area contributed by atoms with Crippen LogP contribution in [0.3, 0.4) is 0 Å². The summed E-state index contributed by atoms with van der Waals surface area (Å²) in [7, 11) is 1.74. The molecule has 0 saturated carbocycles. The highest BCUT2D eigenvalue weighted by atomic mass is 16.5. The first kappa shape index (κ1) is 20.3. The molecule has 4 aromatic rings.